The molecule has 2 heterocycles. The van der Waals surface area contributed by atoms with Crippen LogP contribution in [0.2, 0.25) is 0 Å². The quantitative estimate of drug-likeness (QED) is 0.449. The maximum Gasteiger partial charge on any atom is 0.203 e. The van der Waals surface area contributed by atoms with Gasteiger partial charge < -0.3 is 29.4 Å². The molecule has 0 saturated carbocycles. The average molecular weight is 448 g/mol. The van der Waals surface area contributed by atoms with E-state index in [0.717, 1.165) is 16.7 Å². The molecular weight excluding hydrogens is 424 g/mol. The summed E-state index contributed by atoms with van der Waals surface area (Å²) in [5, 5.41) is 0.609. The van der Waals surface area contributed by atoms with Crippen molar-refractivity contribution in [3.05, 3.63) is 42.7 Å². The van der Waals surface area contributed by atoms with Crippen LogP contribution in [0.1, 0.15) is 0 Å². The van der Waals surface area contributed by atoms with Crippen molar-refractivity contribution in [1.29, 1.82) is 0 Å². The van der Waals surface area contributed by atoms with E-state index in [9.17, 15) is 0 Å². The second-order valence-corrected chi connectivity index (χ2v) is 6.99. The Labute approximate surface area is 191 Å². The maximum atomic E-state index is 6.26. The van der Waals surface area contributed by atoms with E-state index in [1.54, 1.807) is 35.5 Å². The fourth-order valence-electron chi connectivity index (χ4n) is 3.70. The van der Waals surface area contributed by atoms with Crippen LogP contribution < -0.4 is 29.4 Å². The van der Waals surface area contributed by atoms with Gasteiger partial charge in [0.1, 0.15) is 23.6 Å². The number of anilines is 1. The van der Waals surface area contributed by atoms with Crippen molar-refractivity contribution in [3.63, 3.8) is 0 Å². The summed E-state index contributed by atoms with van der Waals surface area (Å²) >= 11 is 0. The smallest absolute Gasteiger partial charge is 0.203 e. The van der Waals surface area contributed by atoms with Crippen LogP contribution >= 0.6 is 0 Å². The Kier molecular flexibility index (Phi) is 6.03. The molecule has 0 unspecified atom stereocenters. The number of rotatable bonds is 7. The predicted molar refractivity (Wildman–Crippen MR) is 125 cm³/mol. The van der Waals surface area contributed by atoms with Crippen molar-refractivity contribution in [3.8, 4) is 51.1 Å². The molecule has 2 aromatic carbocycles. The molecule has 0 aliphatic rings. The minimum absolute atomic E-state index is 0.306. The second-order valence-electron chi connectivity index (χ2n) is 6.99. The van der Waals surface area contributed by atoms with Crippen LogP contribution in [0, 0.1) is 0 Å². The Morgan fingerprint density at radius 3 is 2.00 bits per heavy atom. The molecule has 0 fully saturated rings. The number of nitrogens with zero attached hydrogens (tertiary/aromatic N) is 3. The molecule has 0 bridgehead atoms. The Balaban J connectivity index is 2.06. The standard InChI is InChI=1S/C24H24N4O5/c1-29-14-6-7-18(30-2)16(10-14)17-11-15(21-23(25)26-12-27-24(21)28-17)13-8-19(31-3)22(33-5)20(9-13)32-4/h6-12H,1-5H3,(H2,25,26,27,28). The monoisotopic (exact) mass is 448 g/mol. The highest BCUT2D eigenvalue weighted by Gasteiger charge is 2.20. The van der Waals surface area contributed by atoms with Crippen LogP contribution in [0.15, 0.2) is 42.7 Å². The molecule has 4 aromatic rings. The van der Waals surface area contributed by atoms with Gasteiger partial charge in [0.25, 0.3) is 0 Å². The Morgan fingerprint density at radius 2 is 1.39 bits per heavy atom. The molecule has 170 valence electrons. The molecule has 0 aliphatic carbocycles. The SMILES string of the molecule is COc1ccc(OC)c(-c2cc(-c3cc(OC)c(OC)c(OC)c3)c3c(N)ncnc3n2)c1. The molecule has 33 heavy (non-hydrogen) atoms. The molecule has 2 aromatic heterocycles. The van der Waals surface area contributed by atoms with Gasteiger partial charge in [-0.05, 0) is 47.5 Å². The molecule has 2 N–H and O–H groups in total. The van der Waals surface area contributed by atoms with E-state index < -0.39 is 0 Å². The summed E-state index contributed by atoms with van der Waals surface area (Å²) in [6.07, 6.45) is 1.39. The van der Waals surface area contributed by atoms with Gasteiger partial charge >= 0.3 is 0 Å². The Morgan fingerprint density at radius 1 is 0.697 bits per heavy atom. The van der Waals surface area contributed by atoms with Gasteiger partial charge in [0.05, 0.1) is 46.6 Å². The van der Waals surface area contributed by atoms with Crippen molar-refractivity contribution in [2.45, 2.75) is 0 Å². The first kappa shape index (κ1) is 21.9. The van der Waals surface area contributed by atoms with Gasteiger partial charge in [-0.15, -0.1) is 0 Å². The lowest BCUT2D eigenvalue weighted by atomic mass is 9.98. The van der Waals surface area contributed by atoms with Gasteiger partial charge in [-0.3, -0.25) is 0 Å². The number of aromatic nitrogens is 3. The van der Waals surface area contributed by atoms with Crippen molar-refractivity contribution < 1.29 is 23.7 Å². The van der Waals surface area contributed by atoms with Crippen molar-refractivity contribution in [2.75, 3.05) is 41.3 Å². The zero-order valence-electron chi connectivity index (χ0n) is 19.0. The van der Waals surface area contributed by atoms with E-state index in [-0.39, 0.29) is 0 Å². The highest BCUT2D eigenvalue weighted by atomic mass is 16.5. The number of hydrogen-bond donors (Lipinski definition) is 1. The molecule has 9 heteroatoms. The van der Waals surface area contributed by atoms with Crippen molar-refractivity contribution in [2.24, 2.45) is 0 Å². The van der Waals surface area contributed by atoms with Crippen LogP contribution in [0.4, 0.5) is 5.82 Å². The summed E-state index contributed by atoms with van der Waals surface area (Å²) in [6.45, 7) is 0. The highest BCUT2D eigenvalue weighted by Crippen LogP contribution is 2.44. The van der Waals surface area contributed by atoms with E-state index >= 15 is 0 Å². The van der Waals surface area contributed by atoms with Crippen LogP contribution in [-0.2, 0) is 0 Å². The van der Waals surface area contributed by atoms with Gasteiger partial charge in [0.2, 0.25) is 5.75 Å². The summed E-state index contributed by atoms with van der Waals surface area (Å²) in [4.78, 5) is 13.3. The largest absolute Gasteiger partial charge is 0.497 e. The number of pyridine rings is 1. The summed E-state index contributed by atoms with van der Waals surface area (Å²) in [5.41, 5.74) is 9.58. The summed E-state index contributed by atoms with van der Waals surface area (Å²) in [7, 11) is 7.90. The average Bonchev–Trinajstić information content (AvgIpc) is 2.86. The minimum Gasteiger partial charge on any atom is -0.497 e. The number of fused-ring (bicyclic) bond motifs is 1. The first-order valence-corrected chi connectivity index (χ1v) is 9.98. The van der Waals surface area contributed by atoms with E-state index in [1.165, 1.54) is 6.33 Å². The third-order valence-electron chi connectivity index (χ3n) is 5.29. The molecule has 0 saturated heterocycles. The number of benzene rings is 2. The topological polar surface area (TPSA) is 111 Å². The minimum atomic E-state index is 0.306. The number of nitrogens with two attached hydrogens (primary N) is 1. The van der Waals surface area contributed by atoms with Gasteiger partial charge in [-0.2, -0.15) is 0 Å². The lowest BCUT2D eigenvalue weighted by molar-refractivity contribution is 0.324. The van der Waals surface area contributed by atoms with Gasteiger partial charge in [-0.1, -0.05) is 0 Å². The molecule has 9 nitrogen and oxygen atoms in total. The van der Waals surface area contributed by atoms with Crippen LogP contribution in [0.5, 0.6) is 28.7 Å². The lowest BCUT2D eigenvalue weighted by Crippen LogP contribution is -2.00. The maximum absolute atomic E-state index is 6.26. The van der Waals surface area contributed by atoms with E-state index in [2.05, 4.69) is 9.97 Å². The zero-order valence-corrected chi connectivity index (χ0v) is 19.0. The lowest BCUT2D eigenvalue weighted by Gasteiger charge is -2.17. The summed E-state index contributed by atoms with van der Waals surface area (Å²) in [5.74, 6) is 3.12. The normalized spacial score (nSPS) is 10.7. The van der Waals surface area contributed by atoms with Crippen LogP contribution in [-0.4, -0.2) is 50.5 Å². The number of ether oxygens (including phenoxy) is 5. The molecule has 4 rings (SSSR count). The first-order chi connectivity index (χ1) is 16.0. The fraction of sp³-hybridized carbons (Fsp3) is 0.208. The molecule has 0 radical (unpaired) electrons. The summed E-state index contributed by atoms with van der Waals surface area (Å²) in [6, 6.07) is 11.1. The van der Waals surface area contributed by atoms with E-state index in [1.807, 2.05) is 36.4 Å². The van der Waals surface area contributed by atoms with Gasteiger partial charge in [-0.25, -0.2) is 15.0 Å². The molecule has 0 amide bonds. The Bertz CT molecular complexity index is 1300. The first-order valence-electron chi connectivity index (χ1n) is 9.98. The van der Waals surface area contributed by atoms with Gasteiger partial charge in [0.15, 0.2) is 17.1 Å². The highest BCUT2D eigenvalue weighted by molar-refractivity contribution is 6.01. The van der Waals surface area contributed by atoms with Gasteiger partial charge in [0, 0.05) is 5.56 Å². The summed E-state index contributed by atoms with van der Waals surface area (Å²) < 4.78 is 27.5. The molecule has 0 atom stereocenters. The molecule has 0 aliphatic heterocycles. The van der Waals surface area contributed by atoms with Crippen LogP contribution in [0.3, 0.4) is 0 Å². The van der Waals surface area contributed by atoms with Crippen molar-refractivity contribution >= 4 is 16.9 Å². The van der Waals surface area contributed by atoms with E-state index in [0.29, 0.717) is 51.3 Å². The molecular formula is C24H24N4O5. The predicted octanol–water partition coefficient (Wildman–Crippen LogP) is 3.98. The fourth-order valence-corrected chi connectivity index (χ4v) is 3.70. The second kappa shape index (κ2) is 9.07. The molecule has 0 spiro atoms. The van der Waals surface area contributed by atoms with Crippen molar-refractivity contribution in [1.82, 2.24) is 15.0 Å². The number of nitrogen functional groups attached to an aromatic ring is 1. The Hall–Kier alpha value is -4.27. The third kappa shape index (κ3) is 3.89. The number of methoxy groups -OCH3 is 5. The number of hydrogen-bond acceptors (Lipinski definition) is 9. The third-order valence-corrected chi connectivity index (χ3v) is 5.29. The van der Waals surface area contributed by atoms with E-state index in [4.69, 9.17) is 34.4 Å². The zero-order chi connectivity index (χ0) is 23.5. The van der Waals surface area contributed by atoms with Crippen LogP contribution in [0.25, 0.3) is 33.4 Å².